The summed E-state index contributed by atoms with van der Waals surface area (Å²) in [6.07, 6.45) is 8.06. The molecule has 2 N–H and O–H groups in total. The standard InChI is InChI=1S/C41H43Cl2N3O4/c1-3-5-7-28-8-10-30(11-9-28)24-39(47)44-37(40-45-38(26-46(40)22-6-4-2)35-21-18-33(42)25-36(35)43)23-29-14-19-34(20-15-29)50-27-31-12-16-32(17-13-31)41(48)49/h8-21,25-26,37H,3-7,22-24,27H2,1-2H3,(H,44,47)(H,48,49)/t37-/m0/s1. The lowest BCUT2D eigenvalue weighted by Crippen LogP contribution is -2.33. The Morgan fingerprint density at radius 2 is 1.50 bits per heavy atom. The molecule has 0 saturated carbocycles. The third-order valence-corrected chi connectivity index (χ3v) is 9.14. The first-order chi connectivity index (χ1) is 24.2. The van der Waals surface area contributed by atoms with Crippen LogP contribution in [0.3, 0.4) is 0 Å². The summed E-state index contributed by atoms with van der Waals surface area (Å²) in [6.45, 7) is 5.39. The molecule has 50 heavy (non-hydrogen) atoms. The number of carboxylic acids is 1. The quantitative estimate of drug-likeness (QED) is 0.100. The maximum atomic E-state index is 13.6. The molecule has 7 nitrogen and oxygen atoms in total. The van der Waals surface area contributed by atoms with Gasteiger partial charge in [0, 0.05) is 23.3 Å². The molecule has 0 radical (unpaired) electrons. The molecule has 0 unspecified atom stereocenters. The molecule has 260 valence electrons. The van der Waals surface area contributed by atoms with Gasteiger partial charge in [-0.25, -0.2) is 9.78 Å². The zero-order valence-corrected chi connectivity index (χ0v) is 30.0. The third kappa shape index (κ3) is 10.2. The SMILES string of the molecule is CCCCc1ccc(CC(=O)N[C@@H](Cc2ccc(OCc3ccc(C(=O)O)cc3)cc2)c2nc(-c3ccc(Cl)cc3Cl)cn2CCCC)cc1. The van der Waals surface area contributed by atoms with E-state index in [4.69, 9.17) is 38.0 Å². The van der Waals surface area contributed by atoms with Gasteiger partial charge in [0.05, 0.1) is 28.7 Å². The number of imidazole rings is 1. The Hall–Kier alpha value is -4.59. The number of carbonyl (C=O) groups is 2. The fourth-order valence-corrected chi connectivity index (χ4v) is 6.26. The van der Waals surface area contributed by atoms with Gasteiger partial charge in [-0.15, -0.1) is 0 Å². The number of amides is 1. The Kier molecular flexibility index (Phi) is 13.1. The highest BCUT2D eigenvalue weighted by Crippen LogP contribution is 2.32. The van der Waals surface area contributed by atoms with Crippen LogP contribution in [0.25, 0.3) is 11.3 Å². The lowest BCUT2D eigenvalue weighted by atomic mass is 10.0. The second-order valence-corrected chi connectivity index (χ2v) is 13.4. The summed E-state index contributed by atoms with van der Waals surface area (Å²) in [7, 11) is 0. The molecule has 0 aliphatic heterocycles. The highest BCUT2D eigenvalue weighted by molar-refractivity contribution is 6.36. The van der Waals surface area contributed by atoms with Crippen molar-refractivity contribution in [3.8, 4) is 17.0 Å². The first-order valence-electron chi connectivity index (χ1n) is 17.2. The van der Waals surface area contributed by atoms with Crippen LogP contribution in [-0.2, 0) is 37.2 Å². The van der Waals surface area contributed by atoms with E-state index >= 15 is 0 Å². The number of aryl methyl sites for hydroxylation is 2. The van der Waals surface area contributed by atoms with E-state index in [0.29, 0.717) is 28.8 Å². The number of carbonyl (C=O) groups excluding carboxylic acids is 1. The van der Waals surface area contributed by atoms with Crippen molar-refractivity contribution in [3.05, 3.63) is 141 Å². The van der Waals surface area contributed by atoms with Crippen molar-refractivity contribution in [2.45, 2.75) is 78.0 Å². The molecule has 0 saturated heterocycles. The largest absolute Gasteiger partial charge is 0.489 e. The Balaban J connectivity index is 1.38. The Morgan fingerprint density at radius 3 is 2.16 bits per heavy atom. The molecule has 1 atom stereocenters. The van der Waals surface area contributed by atoms with Crippen LogP contribution in [0.2, 0.25) is 10.0 Å². The number of aromatic carboxylic acids is 1. The van der Waals surface area contributed by atoms with E-state index in [0.717, 1.165) is 72.4 Å². The number of aromatic nitrogens is 2. The van der Waals surface area contributed by atoms with Gasteiger partial charge in [-0.3, -0.25) is 4.79 Å². The first kappa shape index (κ1) is 36.7. The number of nitrogens with zero attached hydrogens (tertiary/aromatic N) is 2. The van der Waals surface area contributed by atoms with E-state index in [9.17, 15) is 9.59 Å². The predicted octanol–water partition coefficient (Wildman–Crippen LogP) is 9.92. The Morgan fingerprint density at radius 1 is 0.840 bits per heavy atom. The van der Waals surface area contributed by atoms with Crippen molar-refractivity contribution in [1.82, 2.24) is 14.9 Å². The highest BCUT2D eigenvalue weighted by Gasteiger charge is 2.23. The summed E-state index contributed by atoms with van der Waals surface area (Å²) in [5, 5.41) is 13.5. The maximum Gasteiger partial charge on any atom is 0.335 e. The van der Waals surface area contributed by atoms with E-state index in [1.54, 1.807) is 36.4 Å². The summed E-state index contributed by atoms with van der Waals surface area (Å²) < 4.78 is 8.11. The maximum absolute atomic E-state index is 13.6. The summed E-state index contributed by atoms with van der Waals surface area (Å²) in [6, 6.07) is 27.7. The molecule has 0 fully saturated rings. The number of nitrogens with one attached hydrogen (secondary N) is 1. The van der Waals surface area contributed by atoms with Gasteiger partial charge in [0.15, 0.2) is 0 Å². The number of hydrogen-bond acceptors (Lipinski definition) is 4. The number of benzene rings is 4. The van der Waals surface area contributed by atoms with Crippen LogP contribution >= 0.6 is 23.2 Å². The molecule has 5 aromatic rings. The Labute approximate surface area is 304 Å². The van der Waals surface area contributed by atoms with Crippen LogP contribution in [0.1, 0.15) is 84.0 Å². The minimum Gasteiger partial charge on any atom is -0.489 e. The topological polar surface area (TPSA) is 93.4 Å². The normalized spacial score (nSPS) is 11.7. The lowest BCUT2D eigenvalue weighted by Gasteiger charge is -2.20. The van der Waals surface area contributed by atoms with Gasteiger partial charge >= 0.3 is 5.97 Å². The minimum absolute atomic E-state index is 0.0821. The van der Waals surface area contributed by atoms with E-state index in [1.165, 1.54) is 5.56 Å². The number of ether oxygens (including phenoxy) is 1. The van der Waals surface area contributed by atoms with Crippen LogP contribution in [0.4, 0.5) is 0 Å². The van der Waals surface area contributed by atoms with Crippen molar-refractivity contribution in [1.29, 1.82) is 0 Å². The highest BCUT2D eigenvalue weighted by atomic mass is 35.5. The molecule has 1 aromatic heterocycles. The zero-order chi connectivity index (χ0) is 35.5. The number of halogens is 2. The number of rotatable bonds is 17. The number of hydrogen-bond donors (Lipinski definition) is 2. The summed E-state index contributed by atoms with van der Waals surface area (Å²) >= 11 is 12.8. The average molecular weight is 713 g/mol. The second-order valence-electron chi connectivity index (χ2n) is 12.5. The van der Waals surface area contributed by atoms with Crippen LogP contribution in [0.5, 0.6) is 5.75 Å². The van der Waals surface area contributed by atoms with Gasteiger partial charge < -0.3 is 19.7 Å². The summed E-state index contributed by atoms with van der Waals surface area (Å²) in [5.74, 6) is 0.397. The van der Waals surface area contributed by atoms with Crippen molar-refractivity contribution in [2.75, 3.05) is 0 Å². The van der Waals surface area contributed by atoms with Gasteiger partial charge in [0.2, 0.25) is 5.91 Å². The number of carboxylic acid groups (broad SMARTS) is 1. The first-order valence-corrected chi connectivity index (χ1v) is 17.9. The molecule has 0 aliphatic carbocycles. The van der Waals surface area contributed by atoms with Gasteiger partial charge in [-0.05, 0) is 90.4 Å². The van der Waals surface area contributed by atoms with Gasteiger partial charge in [0.1, 0.15) is 18.2 Å². The fraction of sp³-hybridized carbons (Fsp3) is 0.293. The average Bonchev–Trinajstić information content (AvgIpc) is 3.53. The van der Waals surface area contributed by atoms with Crippen molar-refractivity contribution < 1.29 is 19.4 Å². The fourth-order valence-electron chi connectivity index (χ4n) is 5.75. The van der Waals surface area contributed by atoms with Crippen LogP contribution < -0.4 is 10.1 Å². The molecule has 5 rings (SSSR count). The minimum atomic E-state index is -0.961. The summed E-state index contributed by atoms with van der Waals surface area (Å²) in [4.78, 5) is 29.9. The van der Waals surface area contributed by atoms with Crippen LogP contribution in [-0.4, -0.2) is 26.5 Å². The molecule has 9 heteroatoms. The van der Waals surface area contributed by atoms with Crippen LogP contribution in [0, 0.1) is 0 Å². The van der Waals surface area contributed by atoms with Crippen molar-refractivity contribution >= 4 is 35.1 Å². The van der Waals surface area contributed by atoms with Gasteiger partial charge in [0.25, 0.3) is 0 Å². The molecule has 4 aromatic carbocycles. The molecule has 0 aliphatic rings. The zero-order valence-electron chi connectivity index (χ0n) is 28.5. The van der Waals surface area contributed by atoms with E-state index < -0.39 is 12.0 Å². The van der Waals surface area contributed by atoms with Gasteiger partial charge in [-0.2, -0.15) is 0 Å². The van der Waals surface area contributed by atoms with E-state index in [-0.39, 0.29) is 17.9 Å². The molecule has 0 bridgehead atoms. The van der Waals surface area contributed by atoms with Crippen LogP contribution in [0.15, 0.2) is 97.2 Å². The second kappa shape index (κ2) is 17.9. The monoisotopic (exact) mass is 711 g/mol. The predicted molar refractivity (Wildman–Crippen MR) is 200 cm³/mol. The van der Waals surface area contributed by atoms with Crippen molar-refractivity contribution in [2.24, 2.45) is 0 Å². The summed E-state index contributed by atoms with van der Waals surface area (Å²) in [5.41, 5.74) is 5.85. The Bertz CT molecular complexity index is 1870. The smallest absolute Gasteiger partial charge is 0.335 e. The van der Waals surface area contributed by atoms with E-state index in [2.05, 4.69) is 35.9 Å². The van der Waals surface area contributed by atoms with E-state index in [1.807, 2.05) is 48.7 Å². The third-order valence-electron chi connectivity index (χ3n) is 8.59. The molecular formula is C41H43Cl2N3O4. The van der Waals surface area contributed by atoms with Crippen molar-refractivity contribution in [3.63, 3.8) is 0 Å². The lowest BCUT2D eigenvalue weighted by molar-refractivity contribution is -0.121. The molecular weight excluding hydrogens is 669 g/mol. The molecule has 1 heterocycles. The van der Waals surface area contributed by atoms with Gasteiger partial charge in [-0.1, -0.05) is 98.4 Å². The molecule has 0 spiro atoms. The number of unbranched alkanes of at least 4 members (excludes halogenated alkanes) is 2. The molecule has 1 amide bonds.